The Bertz CT molecular complexity index is 439. The van der Waals surface area contributed by atoms with Crippen LogP contribution in [0.4, 0.5) is 0 Å². The van der Waals surface area contributed by atoms with Crippen LogP contribution < -0.4 is 4.74 Å². The Labute approximate surface area is 102 Å². The largest absolute Gasteiger partial charge is 0.480 e. The van der Waals surface area contributed by atoms with Crippen molar-refractivity contribution in [1.82, 2.24) is 9.88 Å². The van der Waals surface area contributed by atoms with Crippen LogP contribution in [0.1, 0.15) is 36.6 Å². The summed E-state index contributed by atoms with van der Waals surface area (Å²) in [6.07, 6.45) is 3.61. The number of likely N-dealkylation sites (tertiary alicyclic amines) is 1. The zero-order valence-corrected chi connectivity index (χ0v) is 10.3. The number of aromatic nitrogens is 1. The van der Waals surface area contributed by atoms with Gasteiger partial charge in [0, 0.05) is 0 Å². The minimum absolute atomic E-state index is 0.352. The average Bonchev–Trinajstić information content (AvgIpc) is 2.38. The number of rotatable bonds is 2. The van der Waals surface area contributed by atoms with E-state index in [0.29, 0.717) is 17.5 Å². The molecule has 2 heterocycles. The van der Waals surface area contributed by atoms with Crippen molar-refractivity contribution in [2.45, 2.75) is 25.3 Å². The first kappa shape index (κ1) is 11.9. The molecule has 1 aromatic heterocycles. The molecule has 0 aliphatic carbocycles. The molecule has 1 aliphatic heterocycles. The first-order valence-electron chi connectivity index (χ1n) is 5.91. The number of nitriles is 1. The number of hydrogen-bond acceptors (Lipinski definition) is 4. The van der Waals surface area contributed by atoms with Gasteiger partial charge in [-0.05, 0) is 38.6 Å². The molecular weight excluding hydrogens is 214 g/mol. The second kappa shape index (κ2) is 5.15. The first-order chi connectivity index (χ1) is 8.26. The summed E-state index contributed by atoms with van der Waals surface area (Å²) in [6, 6.07) is 6.17. The molecule has 1 fully saturated rings. The maximum atomic E-state index is 8.92. The molecule has 0 bridgehead atoms. The summed E-state index contributed by atoms with van der Waals surface area (Å²) in [5.74, 6) is 0.434. The van der Waals surface area contributed by atoms with Gasteiger partial charge >= 0.3 is 0 Å². The van der Waals surface area contributed by atoms with Crippen LogP contribution in [0.3, 0.4) is 0 Å². The Morgan fingerprint density at radius 1 is 1.47 bits per heavy atom. The lowest BCUT2D eigenvalue weighted by Gasteiger charge is -2.32. The lowest BCUT2D eigenvalue weighted by molar-refractivity contribution is 0.182. The van der Waals surface area contributed by atoms with Gasteiger partial charge in [0.05, 0.1) is 18.8 Å². The van der Waals surface area contributed by atoms with E-state index in [9.17, 15) is 0 Å². The normalized spacial score (nSPS) is 20.9. The number of nitrogens with zero attached hydrogens (tertiary/aromatic N) is 3. The van der Waals surface area contributed by atoms with Gasteiger partial charge in [-0.2, -0.15) is 5.26 Å². The fourth-order valence-electron chi connectivity index (χ4n) is 2.33. The predicted octanol–water partition coefficient (Wildman–Crippen LogP) is 2.12. The zero-order valence-electron chi connectivity index (χ0n) is 10.3. The standard InChI is InChI=1S/C13H17N3O/c1-16-8-4-3-5-12(16)11-7-6-10(9-14)13(15-11)17-2/h6-7,12H,3-5,8H2,1-2H3. The molecule has 1 atom stereocenters. The fourth-order valence-corrected chi connectivity index (χ4v) is 2.33. The van der Waals surface area contributed by atoms with Gasteiger partial charge in [0.15, 0.2) is 0 Å². The number of piperidine rings is 1. The third-order valence-electron chi connectivity index (χ3n) is 3.31. The van der Waals surface area contributed by atoms with Crippen molar-refractivity contribution < 1.29 is 4.74 Å². The summed E-state index contributed by atoms with van der Waals surface area (Å²) in [5, 5.41) is 8.92. The van der Waals surface area contributed by atoms with Gasteiger partial charge in [-0.3, -0.25) is 4.90 Å². The molecule has 1 aromatic rings. The smallest absolute Gasteiger partial charge is 0.231 e. The van der Waals surface area contributed by atoms with Crippen molar-refractivity contribution in [2.75, 3.05) is 20.7 Å². The third-order valence-corrected chi connectivity index (χ3v) is 3.31. The van der Waals surface area contributed by atoms with Gasteiger partial charge in [0.2, 0.25) is 5.88 Å². The van der Waals surface area contributed by atoms with Crippen LogP contribution in [-0.2, 0) is 0 Å². The van der Waals surface area contributed by atoms with Crippen LogP contribution in [0.15, 0.2) is 12.1 Å². The van der Waals surface area contributed by atoms with E-state index in [-0.39, 0.29) is 0 Å². The molecule has 90 valence electrons. The summed E-state index contributed by atoms with van der Waals surface area (Å²) in [5.41, 5.74) is 1.50. The number of pyridine rings is 1. The summed E-state index contributed by atoms with van der Waals surface area (Å²) in [4.78, 5) is 6.77. The number of ether oxygens (including phenoxy) is 1. The van der Waals surface area contributed by atoms with Gasteiger partial charge in [0.25, 0.3) is 0 Å². The molecule has 4 nitrogen and oxygen atoms in total. The molecule has 0 spiro atoms. The topological polar surface area (TPSA) is 49.1 Å². The van der Waals surface area contributed by atoms with E-state index in [2.05, 4.69) is 23.0 Å². The number of methoxy groups -OCH3 is 1. The van der Waals surface area contributed by atoms with Gasteiger partial charge < -0.3 is 4.74 Å². The maximum absolute atomic E-state index is 8.92. The van der Waals surface area contributed by atoms with Gasteiger partial charge in [-0.1, -0.05) is 6.42 Å². The van der Waals surface area contributed by atoms with E-state index in [0.717, 1.165) is 18.7 Å². The fraction of sp³-hybridized carbons (Fsp3) is 0.538. The second-order valence-electron chi connectivity index (χ2n) is 4.40. The summed E-state index contributed by atoms with van der Waals surface area (Å²) in [7, 11) is 3.67. The number of hydrogen-bond donors (Lipinski definition) is 0. The Kier molecular flexibility index (Phi) is 3.60. The van der Waals surface area contributed by atoms with Crippen LogP contribution in [0.25, 0.3) is 0 Å². The highest BCUT2D eigenvalue weighted by Crippen LogP contribution is 2.29. The van der Waals surface area contributed by atoms with Crippen molar-refractivity contribution in [3.05, 3.63) is 23.4 Å². The van der Waals surface area contributed by atoms with E-state index in [1.54, 1.807) is 13.2 Å². The van der Waals surface area contributed by atoms with Crippen molar-refractivity contribution in [1.29, 1.82) is 5.26 Å². The summed E-state index contributed by atoms with van der Waals surface area (Å²) in [6.45, 7) is 1.11. The molecule has 17 heavy (non-hydrogen) atoms. The highest BCUT2D eigenvalue weighted by molar-refractivity contribution is 5.39. The SMILES string of the molecule is COc1nc(C2CCCCN2C)ccc1C#N. The summed E-state index contributed by atoms with van der Waals surface area (Å²) >= 11 is 0. The molecular formula is C13H17N3O. The third kappa shape index (κ3) is 2.40. The Hall–Kier alpha value is -1.60. The molecule has 0 saturated carbocycles. The van der Waals surface area contributed by atoms with Crippen LogP contribution in [0.2, 0.25) is 0 Å². The van der Waals surface area contributed by atoms with E-state index < -0.39 is 0 Å². The first-order valence-corrected chi connectivity index (χ1v) is 5.91. The molecule has 2 rings (SSSR count). The predicted molar refractivity (Wildman–Crippen MR) is 64.7 cm³/mol. The molecule has 1 aliphatic rings. The van der Waals surface area contributed by atoms with Crippen molar-refractivity contribution in [2.24, 2.45) is 0 Å². The van der Waals surface area contributed by atoms with Crippen molar-refractivity contribution in [3.63, 3.8) is 0 Å². The molecule has 0 radical (unpaired) electrons. The highest BCUT2D eigenvalue weighted by Gasteiger charge is 2.22. The molecule has 0 aromatic carbocycles. The quantitative estimate of drug-likeness (QED) is 0.782. The second-order valence-corrected chi connectivity index (χ2v) is 4.40. The van der Waals surface area contributed by atoms with Crippen LogP contribution in [0.5, 0.6) is 5.88 Å². The Balaban J connectivity index is 2.30. The lowest BCUT2D eigenvalue weighted by atomic mass is 9.99. The molecule has 1 unspecified atom stereocenters. The van der Waals surface area contributed by atoms with Crippen molar-refractivity contribution >= 4 is 0 Å². The minimum atomic E-state index is 0.352. The van der Waals surface area contributed by atoms with Gasteiger partial charge in [-0.15, -0.1) is 0 Å². The zero-order chi connectivity index (χ0) is 12.3. The van der Waals surface area contributed by atoms with Crippen LogP contribution >= 0.6 is 0 Å². The van der Waals surface area contributed by atoms with Crippen LogP contribution in [-0.4, -0.2) is 30.6 Å². The Morgan fingerprint density at radius 3 is 2.94 bits per heavy atom. The highest BCUT2D eigenvalue weighted by atomic mass is 16.5. The lowest BCUT2D eigenvalue weighted by Crippen LogP contribution is -2.30. The van der Waals surface area contributed by atoms with Gasteiger partial charge in [-0.25, -0.2) is 4.98 Å². The summed E-state index contributed by atoms with van der Waals surface area (Å²) < 4.78 is 5.15. The van der Waals surface area contributed by atoms with E-state index in [4.69, 9.17) is 10.00 Å². The van der Waals surface area contributed by atoms with E-state index in [1.165, 1.54) is 12.8 Å². The molecule has 1 saturated heterocycles. The molecule has 0 amide bonds. The van der Waals surface area contributed by atoms with Crippen molar-refractivity contribution in [3.8, 4) is 11.9 Å². The maximum Gasteiger partial charge on any atom is 0.231 e. The molecule has 0 N–H and O–H groups in total. The van der Waals surface area contributed by atoms with E-state index >= 15 is 0 Å². The molecule has 4 heteroatoms. The van der Waals surface area contributed by atoms with E-state index in [1.807, 2.05) is 6.07 Å². The monoisotopic (exact) mass is 231 g/mol. The minimum Gasteiger partial charge on any atom is -0.480 e. The van der Waals surface area contributed by atoms with Crippen LogP contribution in [0, 0.1) is 11.3 Å². The average molecular weight is 231 g/mol. The van der Waals surface area contributed by atoms with Gasteiger partial charge in [0.1, 0.15) is 11.6 Å². The Morgan fingerprint density at radius 2 is 2.29 bits per heavy atom.